The van der Waals surface area contributed by atoms with E-state index in [4.69, 9.17) is 27.9 Å². The van der Waals surface area contributed by atoms with Crippen LogP contribution in [-0.4, -0.2) is 20.9 Å². The molecule has 6 nitrogen and oxygen atoms in total. The van der Waals surface area contributed by atoms with E-state index in [-0.39, 0.29) is 17.5 Å². The molecule has 0 bridgehead atoms. The fourth-order valence-corrected chi connectivity index (χ4v) is 4.49. The molecule has 3 rings (SSSR count). The van der Waals surface area contributed by atoms with Gasteiger partial charge in [-0.15, -0.1) is 0 Å². The molecular formula is C22H20Cl2N2O4S. The van der Waals surface area contributed by atoms with E-state index in [1.54, 1.807) is 25.1 Å². The summed E-state index contributed by atoms with van der Waals surface area (Å²) in [6.07, 6.45) is 0. The Morgan fingerprint density at radius 3 is 2.16 bits per heavy atom. The summed E-state index contributed by atoms with van der Waals surface area (Å²) in [5, 5.41) is 3.21. The molecule has 0 aliphatic carbocycles. The quantitative estimate of drug-likeness (QED) is 0.474. The number of anilines is 1. The van der Waals surface area contributed by atoms with Crippen LogP contribution in [0.4, 0.5) is 5.69 Å². The van der Waals surface area contributed by atoms with Crippen molar-refractivity contribution in [2.75, 3.05) is 11.9 Å². The first-order chi connectivity index (χ1) is 14.8. The SMILES string of the molecule is C[C@@H](NS(=O)(=O)c1ccc(OCC(=O)Nc2c(Cl)cccc2Cl)cc1)c1ccccc1. The lowest BCUT2D eigenvalue weighted by molar-refractivity contribution is -0.118. The molecule has 0 fully saturated rings. The Bertz CT molecular complexity index is 1130. The van der Waals surface area contributed by atoms with E-state index < -0.39 is 15.9 Å². The molecule has 1 atom stereocenters. The van der Waals surface area contributed by atoms with Gasteiger partial charge in [0.15, 0.2) is 6.61 Å². The van der Waals surface area contributed by atoms with Crippen LogP contribution in [-0.2, 0) is 14.8 Å². The van der Waals surface area contributed by atoms with Crippen molar-refractivity contribution in [1.29, 1.82) is 0 Å². The molecule has 0 saturated heterocycles. The molecule has 0 aliphatic rings. The number of benzene rings is 3. The number of carbonyl (C=O) groups excluding carboxylic acids is 1. The third kappa shape index (κ3) is 6.21. The van der Waals surface area contributed by atoms with E-state index in [1.165, 1.54) is 24.3 Å². The molecule has 1 amide bonds. The Morgan fingerprint density at radius 1 is 0.935 bits per heavy atom. The van der Waals surface area contributed by atoms with E-state index in [2.05, 4.69) is 10.0 Å². The third-order valence-corrected chi connectivity index (χ3v) is 6.55. The molecule has 2 N–H and O–H groups in total. The Balaban J connectivity index is 1.59. The molecule has 3 aromatic carbocycles. The smallest absolute Gasteiger partial charge is 0.262 e. The van der Waals surface area contributed by atoms with Crippen molar-refractivity contribution >= 4 is 44.8 Å². The second-order valence-electron chi connectivity index (χ2n) is 6.66. The van der Waals surface area contributed by atoms with Gasteiger partial charge in [-0.2, -0.15) is 0 Å². The Kier molecular flexibility index (Phi) is 7.56. The summed E-state index contributed by atoms with van der Waals surface area (Å²) in [7, 11) is -3.72. The average Bonchev–Trinajstić information content (AvgIpc) is 2.75. The number of amides is 1. The number of carbonyl (C=O) groups is 1. The normalized spacial score (nSPS) is 12.2. The van der Waals surface area contributed by atoms with Crippen molar-refractivity contribution < 1.29 is 17.9 Å². The summed E-state index contributed by atoms with van der Waals surface area (Å²) in [5.74, 6) is -0.111. The number of para-hydroxylation sites is 1. The summed E-state index contributed by atoms with van der Waals surface area (Å²) in [4.78, 5) is 12.2. The highest BCUT2D eigenvalue weighted by Crippen LogP contribution is 2.29. The number of sulfonamides is 1. The maximum atomic E-state index is 12.6. The molecule has 31 heavy (non-hydrogen) atoms. The van der Waals surface area contributed by atoms with Gasteiger partial charge in [0.1, 0.15) is 5.75 Å². The van der Waals surface area contributed by atoms with Crippen LogP contribution in [0.5, 0.6) is 5.75 Å². The van der Waals surface area contributed by atoms with Crippen LogP contribution in [0.25, 0.3) is 0 Å². The van der Waals surface area contributed by atoms with Gasteiger partial charge >= 0.3 is 0 Å². The standard InChI is InChI=1S/C22H20Cl2N2O4S/c1-15(16-6-3-2-4-7-16)26-31(28,29)18-12-10-17(11-13-18)30-14-21(27)25-22-19(23)8-5-9-20(22)24/h2-13,15,26H,14H2,1H3,(H,25,27)/t15-/m1/s1. The zero-order valence-electron chi connectivity index (χ0n) is 16.5. The number of nitrogens with one attached hydrogen (secondary N) is 2. The molecule has 0 spiro atoms. The Hall–Kier alpha value is -2.58. The minimum absolute atomic E-state index is 0.0925. The van der Waals surface area contributed by atoms with Crippen LogP contribution in [0.3, 0.4) is 0 Å². The minimum atomic E-state index is -3.72. The lowest BCUT2D eigenvalue weighted by Gasteiger charge is -2.15. The predicted octanol–water partition coefficient (Wildman–Crippen LogP) is 5.05. The molecule has 0 aliphatic heterocycles. The number of halogens is 2. The summed E-state index contributed by atoms with van der Waals surface area (Å²) in [6.45, 7) is 1.48. The second kappa shape index (κ2) is 10.2. The predicted molar refractivity (Wildman–Crippen MR) is 122 cm³/mol. The fourth-order valence-electron chi connectivity index (χ4n) is 2.77. The molecule has 0 radical (unpaired) electrons. The van der Waals surface area contributed by atoms with Crippen molar-refractivity contribution in [1.82, 2.24) is 4.72 Å². The van der Waals surface area contributed by atoms with Crippen molar-refractivity contribution in [3.63, 3.8) is 0 Å². The van der Waals surface area contributed by atoms with Crippen LogP contribution in [0, 0.1) is 0 Å². The second-order valence-corrected chi connectivity index (χ2v) is 9.19. The van der Waals surface area contributed by atoms with E-state index in [1.807, 2.05) is 30.3 Å². The Morgan fingerprint density at radius 2 is 1.55 bits per heavy atom. The molecule has 0 aromatic heterocycles. The highest BCUT2D eigenvalue weighted by molar-refractivity contribution is 7.89. The lowest BCUT2D eigenvalue weighted by atomic mass is 10.1. The van der Waals surface area contributed by atoms with Gasteiger partial charge in [-0.3, -0.25) is 4.79 Å². The van der Waals surface area contributed by atoms with E-state index in [9.17, 15) is 13.2 Å². The highest BCUT2D eigenvalue weighted by atomic mass is 35.5. The maximum Gasteiger partial charge on any atom is 0.262 e. The molecule has 9 heteroatoms. The first-order valence-corrected chi connectivity index (χ1v) is 11.5. The van der Waals surface area contributed by atoms with Gasteiger partial charge in [0.25, 0.3) is 5.91 Å². The van der Waals surface area contributed by atoms with Crippen LogP contribution in [0.15, 0.2) is 77.7 Å². The number of rotatable bonds is 8. The molecule has 3 aromatic rings. The van der Waals surface area contributed by atoms with Crippen LogP contribution < -0.4 is 14.8 Å². The molecular weight excluding hydrogens is 459 g/mol. The Labute approximate surface area is 191 Å². The zero-order valence-corrected chi connectivity index (χ0v) is 18.8. The molecule has 0 unspecified atom stereocenters. The number of hydrogen-bond donors (Lipinski definition) is 2. The average molecular weight is 479 g/mol. The van der Waals surface area contributed by atoms with E-state index >= 15 is 0 Å². The van der Waals surface area contributed by atoms with Crippen LogP contribution in [0.2, 0.25) is 10.0 Å². The van der Waals surface area contributed by atoms with Gasteiger partial charge in [0.2, 0.25) is 10.0 Å². The minimum Gasteiger partial charge on any atom is -0.484 e. The van der Waals surface area contributed by atoms with E-state index in [0.29, 0.717) is 21.5 Å². The topological polar surface area (TPSA) is 84.5 Å². The monoisotopic (exact) mass is 478 g/mol. The van der Waals surface area contributed by atoms with Crippen LogP contribution in [0.1, 0.15) is 18.5 Å². The highest BCUT2D eigenvalue weighted by Gasteiger charge is 2.18. The first kappa shape index (κ1) is 23.1. The summed E-state index contributed by atoms with van der Waals surface area (Å²) in [6, 6.07) is 19.6. The zero-order chi connectivity index (χ0) is 22.4. The van der Waals surface area contributed by atoms with Crippen molar-refractivity contribution in [3.8, 4) is 5.75 Å². The largest absolute Gasteiger partial charge is 0.484 e. The third-order valence-electron chi connectivity index (χ3n) is 4.36. The molecule has 162 valence electrons. The van der Waals surface area contributed by atoms with Crippen molar-refractivity contribution in [2.45, 2.75) is 17.9 Å². The van der Waals surface area contributed by atoms with Crippen molar-refractivity contribution in [3.05, 3.63) is 88.4 Å². The van der Waals surface area contributed by atoms with Crippen molar-refractivity contribution in [2.24, 2.45) is 0 Å². The van der Waals surface area contributed by atoms with Gasteiger partial charge in [-0.05, 0) is 48.9 Å². The molecule has 0 saturated carbocycles. The van der Waals surface area contributed by atoms with Gasteiger partial charge in [-0.25, -0.2) is 13.1 Å². The van der Waals surface area contributed by atoms with Crippen LogP contribution >= 0.6 is 23.2 Å². The fraction of sp³-hybridized carbons (Fsp3) is 0.136. The summed E-state index contributed by atoms with van der Waals surface area (Å²) >= 11 is 12.0. The number of ether oxygens (including phenoxy) is 1. The first-order valence-electron chi connectivity index (χ1n) is 9.30. The molecule has 0 heterocycles. The number of hydrogen-bond acceptors (Lipinski definition) is 4. The van der Waals surface area contributed by atoms with E-state index in [0.717, 1.165) is 5.56 Å². The van der Waals surface area contributed by atoms with Gasteiger partial charge in [0, 0.05) is 6.04 Å². The van der Waals surface area contributed by atoms with Gasteiger partial charge < -0.3 is 10.1 Å². The lowest BCUT2D eigenvalue weighted by Crippen LogP contribution is -2.26. The maximum absolute atomic E-state index is 12.6. The summed E-state index contributed by atoms with van der Waals surface area (Å²) < 4.78 is 33.3. The van der Waals surface area contributed by atoms with Gasteiger partial charge in [-0.1, -0.05) is 59.6 Å². The van der Waals surface area contributed by atoms with Gasteiger partial charge in [0.05, 0.1) is 20.6 Å². The summed E-state index contributed by atoms with van der Waals surface area (Å²) in [5.41, 5.74) is 1.16.